The van der Waals surface area contributed by atoms with E-state index in [1.165, 1.54) is 12.1 Å². The number of aromatic nitrogens is 1. The Balaban J connectivity index is 2.17. The highest BCUT2D eigenvalue weighted by Gasteiger charge is 2.25. The summed E-state index contributed by atoms with van der Waals surface area (Å²) in [5.41, 5.74) is 6.02. The third kappa shape index (κ3) is 2.68. The molecule has 6 heteroatoms. The SMILES string of the molecule is CN(C(=O)c1cc(N)nc(Cl)c1)C1CCOC1. The molecule has 1 aromatic heterocycles. The van der Waals surface area contributed by atoms with Gasteiger partial charge in [-0.05, 0) is 18.6 Å². The summed E-state index contributed by atoms with van der Waals surface area (Å²) in [5.74, 6) is 0.133. The molecule has 5 nitrogen and oxygen atoms in total. The number of rotatable bonds is 2. The van der Waals surface area contributed by atoms with Crippen LogP contribution in [0.2, 0.25) is 5.15 Å². The Morgan fingerprint density at radius 3 is 3.00 bits per heavy atom. The van der Waals surface area contributed by atoms with Gasteiger partial charge in [-0.15, -0.1) is 0 Å². The number of ether oxygens (including phenoxy) is 1. The Hall–Kier alpha value is -1.33. The van der Waals surface area contributed by atoms with Gasteiger partial charge in [0.2, 0.25) is 0 Å². The zero-order chi connectivity index (χ0) is 12.4. The lowest BCUT2D eigenvalue weighted by molar-refractivity contribution is 0.0711. The molecule has 0 saturated carbocycles. The highest BCUT2D eigenvalue weighted by atomic mass is 35.5. The fourth-order valence-electron chi connectivity index (χ4n) is 1.84. The first-order valence-electron chi connectivity index (χ1n) is 5.36. The maximum absolute atomic E-state index is 12.2. The average molecular weight is 256 g/mol. The smallest absolute Gasteiger partial charge is 0.254 e. The van der Waals surface area contributed by atoms with Gasteiger partial charge in [0.1, 0.15) is 11.0 Å². The Morgan fingerprint density at radius 2 is 2.41 bits per heavy atom. The number of hydrogen-bond donors (Lipinski definition) is 1. The molecule has 1 unspecified atom stereocenters. The number of likely N-dealkylation sites (N-methyl/N-ethyl adjacent to an activating group) is 1. The van der Waals surface area contributed by atoms with E-state index in [4.69, 9.17) is 22.1 Å². The van der Waals surface area contributed by atoms with E-state index in [0.717, 1.165) is 6.42 Å². The first-order valence-corrected chi connectivity index (χ1v) is 5.73. The second kappa shape index (κ2) is 4.89. The number of carbonyl (C=O) groups excluding carboxylic acids is 1. The molecular weight excluding hydrogens is 242 g/mol. The van der Waals surface area contributed by atoms with Crippen LogP contribution in [0.15, 0.2) is 12.1 Å². The molecule has 92 valence electrons. The van der Waals surface area contributed by atoms with E-state index in [2.05, 4.69) is 4.98 Å². The summed E-state index contributed by atoms with van der Waals surface area (Å²) in [6, 6.07) is 3.17. The molecule has 0 bridgehead atoms. The van der Waals surface area contributed by atoms with Crippen LogP contribution in [-0.4, -0.2) is 42.1 Å². The van der Waals surface area contributed by atoms with Crippen LogP contribution in [0.4, 0.5) is 5.82 Å². The molecule has 1 aliphatic rings. The Kier molecular flexibility index (Phi) is 3.49. The van der Waals surface area contributed by atoms with Gasteiger partial charge < -0.3 is 15.4 Å². The average Bonchev–Trinajstić information content (AvgIpc) is 2.79. The molecule has 2 N–H and O–H groups in total. The number of pyridine rings is 1. The number of nitrogen functional groups attached to an aromatic ring is 1. The van der Waals surface area contributed by atoms with Gasteiger partial charge >= 0.3 is 0 Å². The summed E-state index contributed by atoms with van der Waals surface area (Å²) < 4.78 is 5.25. The summed E-state index contributed by atoms with van der Waals surface area (Å²) in [6.45, 7) is 1.28. The number of amides is 1. The molecule has 0 spiro atoms. The van der Waals surface area contributed by atoms with Crippen molar-refractivity contribution in [1.82, 2.24) is 9.88 Å². The number of nitrogens with two attached hydrogens (primary N) is 1. The van der Waals surface area contributed by atoms with Crippen molar-refractivity contribution in [2.45, 2.75) is 12.5 Å². The topological polar surface area (TPSA) is 68.5 Å². The Morgan fingerprint density at radius 1 is 1.65 bits per heavy atom. The Labute approximate surface area is 105 Å². The van der Waals surface area contributed by atoms with Gasteiger partial charge in [0, 0.05) is 19.2 Å². The van der Waals surface area contributed by atoms with E-state index in [9.17, 15) is 4.79 Å². The van der Waals surface area contributed by atoms with Gasteiger partial charge in [-0.2, -0.15) is 0 Å². The minimum Gasteiger partial charge on any atom is -0.384 e. The van der Waals surface area contributed by atoms with Crippen LogP contribution < -0.4 is 5.73 Å². The first-order chi connectivity index (χ1) is 8.08. The largest absolute Gasteiger partial charge is 0.384 e. The Bertz CT molecular complexity index is 412. The van der Waals surface area contributed by atoms with E-state index >= 15 is 0 Å². The third-order valence-corrected chi connectivity index (χ3v) is 3.03. The van der Waals surface area contributed by atoms with Crippen molar-refractivity contribution in [2.75, 3.05) is 26.0 Å². The predicted molar refractivity (Wildman–Crippen MR) is 65.0 cm³/mol. The van der Waals surface area contributed by atoms with Crippen LogP contribution in [0.25, 0.3) is 0 Å². The molecule has 1 amide bonds. The second-order valence-corrected chi connectivity index (χ2v) is 4.42. The van der Waals surface area contributed by atoms with Crippen molar-refractivity contribution in [1.29, 1.82) is 0 Å². The summed E-state index contributed by atoms with van der Waals surface area (Å²) in [5, 5.41) is 0.226. The molecule has 17 heavy (non-hydrogen) atoms. The number of nitrogens with zero attached hydrogens (tertiary/aromatic N) is 2. The molecule has 1 atom stereocenters. The van der Waals surface area contributed by atoms with Gasteiger partial charge in [0.15, 0.2) is 0 Å². The first kappa shape index (κ1) is 12.1. The zero-order valence-electron chi connectivity index (χ0n) is 9.52. The number of hydrogen-bond acceptors (Lipinski definition) is 4. The van der Waals surface area contributed by atoms with E-state index in [1.54, 1.807) is 11.9 Å². The van der Waals surface area contributed by atoms with Crippen molar-refractivity contribution < 1.29 is 9.53 Å². The fourth-order valence-corrected chi connectivity index (χ4v) is 2.05. The van der Waals surface area contributed by atoms with Crippen molar-refractivity contribution in [3.8, 4) is 0 Å². The normalized spacial score (nSPS) is 19.3. The van der Waals surface area contributed by atoms with E-state index < -0.39 is 0 Å². The van der Waals surface area contributed by atoms with Crippen LogP contribution in [0.1, 0.15) is 16.8 Å². The number of carbonyl (C=O) groups is 1. The van der Waals surface area contributed by atoms with Gasteiger partial charge in [-0.3, -0.25) is 4.79 Å². The monoisotopic (exact) mass is 255 g/mol. The van der Waals surface area contributed by atoms with E-state index in [0.29, 0.717) is 18.8 Å². The minimum absolute atomic E-state index is 0.114. The van der Waals surface area contributed by atoms with Crippen molar-refractivity contribution >= 4 is 23.3 Å². The summed E-state index contributed by atoms with van der Waals surface area (Å²) in [6.07, 6.45) is 0.858. The van der Waals surface area contributed by atoms with E-state index in [1.807, 2.05) is 0 Å². The summed E-state index contributed by atoms with van der Waals surface area (Å²) >= 11 is 5.77. The van der Waals surface area contributed by atoms with Crippen molar-refractivity contribution in [3.05, 3.63) is 22.8 Å². The minimum atomic E-state index is -0.114. The van der Waals surface area contributed by atoms with Gasteiger partial charge in [0.25, 0.3) is 5.91 Å². The van der Waals surface area contributed by atoms with Crippen molar-refractivity contribution in [3.63, 3.8) is 0 Å². The molecule has 1 aromatic rings. The quantitative estimate of drug-likeness (QED) is 0.806. The number of anilines is 1. The van der Waals surface area contributed by atoms with Crippen LogP contribution in [0, 0.1) is 0 Å². The molecule has 2 rings (SSSR count). The maximum atomic E-state index is 12.2. The van der Waals surface area contributed by atoms with Crippen LogP contribution in [-0.2, 0) is 4.74 Å². The predicted octanol–water partition coefficient (Wildman–Crippen LogP) is 1.18. The van der Waals surface area contributed by atoms with Gasteiger partial charge in [0.05, 0.1) is 12.6 Å². The molecule has 0 aliphatic carbocycles. The van der Waals surface area contributed by atoms with Crippen molar-refractivity contribution in [2.24, 2.45) is 0 Å². The standard InChI is InChI=1S/C11H14ClN3O2/c1-15(8-2-3-17-6-8)11(16)7-4-9(12)14-10(13)5-7/h4-5,8H,2-3,6H2,1H3,(H2,13,14). The van der Waals surface area contributed by atoms with Gasteiger partial charge in [-0.1, -0.05) is 11.6 Å². The summed E-state index contributed by atoms with van der Waals surface area (Å²) in [4.78, 5) is 17.7. The second-order valence-electron chi connectivity index (χ2n) is 4.04. The fraction of sp³-hybridized carbons (Fsp3) is 0.455. The zero-order valence-corrected chi connectivity index (χ0v) is 10.3. The van der Waals surface area contributed by atoms with Crippen LogP contribution in [0.3, 0.4) is 0 Å². The molecule has 1 fully saturated rings. The molecule has 1 saturated heterocycles. The molecule has 1 aliphatic heterocycles. The van der Waals surface area contributed by atoms with Crippen LogP contribution in [0.5, 0.6) is 0 Å². The highest BCUT2D eigenvalue weighted by Crippen LogP contribution is 2.17. The molecule has 2 heterocycles. The lowest BCUT2D eigenvalue weighted by Crippen LogP contribution is -2.37. The van der Waals surface area contributed by atoms with Crippen LogP contribution >= 0.6 is 11.6 Å². The molecule has 0 radical (unpaired) electrons. The lowest BCUT2D eigenvalue weighted by Gasteiger charge is -2.23. The molecular formula is C11H14ClN3O2. The number of halogens is 1. The van der Waals surface area contributed by atoms with E-state index in [-0.39, 0.29) is 22.9 Å². The third-order valence-electron chi connectivity index (χ3n) is 2.83. The highest BCUT2D eigenvalue weighted by molar-refractivity contribution is 6.29. The van der Waals surface area contributed by atoms with Gasteiger partial charge in [-0.25, -0.2) is 4.98 Å². The molecule has 0 aromatic carbocycles. The summed E-state index contributed by atoms with van der Waals surface area (Å²) in [7, 11) is 1.76. The maximum Gasteiger partial charge on any atom is 0.254 e. The lowest BCUT2D eigenvalue weighted by atomic mass is 10.2.